The summed E-state index contributed by atoms with van der Waals surface area (Å²) in [7, 11) is 0. The fraction of sp³-hybridized carbons (Fsp3) is 1.00. The lowest BCUT2D eigenvalue weighted by Gasteiger charge is -2.17. The number of likely N-dealkylation sites (tertiary alicyclic amines) is 1. The van der Waals surface area contributed by atoms with Gasteiger partial charge < -0.3 is 15.2 Å². The molecule has 0 aromatic carbocycles. The van der Waals surface area contributed by atoms with Crippen LogP contribution in [0, 0.1) is 0 Å². The SMILES string of the molecule is CCO[C@@H]1CN(CCCN)C[C@H]1OCC. The lowest BCUT2D eigenvalue weighted by Crippen LogP contribution is -2.29. The quantitative estimate of drug-likeness (QED) is 0.671. The highest BCUT2D eigenvalue weighted by atomic mass is 16.5. The molecule has 0 saturated carbocycles. The van der Waals surface area contributed by atoms with Crippen LogP contribution in [0.25, 0.3) is 0 Å². The second kappa shape index (κ2) is 7.17. The van der Waals surface area contributed by atoms with Crippen LogP contribution in [0.4, 0.5) is 0 Å². The van der Waals surface area contributed by atoms with E-state index in [9.17, 15) is 0 Å². The number of hydrogen-bond acceptors (Lipinski definition) is 4. The summed E-state index contributed by atoms with van der Waals surface area (Å²) in [6, 6.07) is 0. The van der Waals surface area contributed by atoms with Crippen LogP contribution in [0.3, 0.4) is 0 Å². The predicted octanol–water partition coefficient (Wildman–Crippen LogP) is 0.461. The van der Waals surface area contributed by atoms with Crippen molar-refractivity contribution in [1.82, 2.24) is 4.90 Å². The summed E-state index contributed by atoms with van der Waals surface area (Å²) in [5, 5.41) is 0. The molecule has 0 aromatic heterocycles. The lowest BCUT2D eigenvalue weighted by molar-refractivity contribution is -0.0388. The van der Waals surface area contributed by atoms with Crippen LogP contribution in [0.5, 0.6) is 0 Å². The molecule has 0 unspecified atom stereocenters. The first kappa shape index (κ1) is 12.9. The number of nitrogens with zero attached hydrogens (tertiary/aromatic N) is 1. The van der Waals surface area contributed by atoms with Crippen LogP contribution >= 0.6 is 0 Å². The molecule has 90 valence electrons. The second-order valence-electron chi connectivity index (χ2n) is 3.89. The van der Waals surface area contributed by atoms with E-state index in [2.05, 4.69) is 4.90 Å². The van der Waals surface area contributed by atoms with E-state index in [-0.39, 0.29) is 12.2 Å². The Hall–Kier alpha value is -0.160. The molecule has 15 heavy (non-hydrogen) atoms. The number of ether oxygens (including phenoxy) is 2. The van der Waals surface area contributed by atoms with Gasteiger partial charge in [-0.3, -0.25) is 4.90 Å². The highest BCUT2D eigenvalue weighted by Crippen LogP contribution is 2.16. The molecule has 0 spiro atoms. The average Bonchev–Trinajstić information content (AvgIpc) is 2.59. The highest BCUT2D eigenvalue weighted by Gasteiger charge is 2.33. The van der Waals surface area contributed by atoms with Gasteiger partial charge in [-0.25, -0.2) is 0 Å². The van der Waals surface area contributed by atoms with E-state index >= 15 is 0 Å². The zero-order valence-electron chi connectivity index (χ0n) is 9.95. The summed E-state index contributed by atoms with van der Waals surface area (Å²) < 4.78 is 11.4. The van der Waals surface area contributed by atoms with E-state index in [4.69, 9.17) is 15.2 Å². The smallest absolute Gasteiger partial charge is 0.0975 e. The predicted molar refractivity (Wildman–Crippen MR) is 60.9 cm³/mol. The normalized spacial score (nSPS) is 27.4. The summed E-state index contributed by atoms with van der Waals surface area (Å²) in [6.07, 6.45) is 1.54. The van der Waals surface area contributed by atoms with Crippen LogP contribution in [0.15, 0.2) is 0 Å². The van der Waals surface area contributed by atoms with E-state index in [1.807, 2.05) is 13.8 Å². The maximum atomic E-state index is 5.68. The molecule has 1 saturated heterocycles. The number of nitrogens with two attached hydrogens (primary N) is 1. The third kappa shape index (κ3) is 4.07. The Morgan fingerprint density at radius 2 is 1.67 bits per heavy atom. The Morgan fingerprint density at radius 3 is 2.07 bits per heavy atom. The van der Waals surface area contributed by atoms with Crippen LogP contribution in [-0.4, -0.2) is 56.5 Å². The van der Waals surface area contributed by atoms with Crippen molar-refractivity contribution in [3.63, 3.8) is 0 Å². The van der Waals surface area contributed by atoms with Crippen molar-refractivity contribution < 1.29 is 9.47 Å². The summed E-state index contributed by atoms with van der Waals surface area (Å²) in [4.78, 5) is 2.38. The van der Waals surface area contributed by atoms with Crippen molar-refractivity contribution in [2.75, 3.05) is 39.4 Å². The van der Waals surface area contributed by atoms with Crippen LogP contribution in [-0.2, 0) is 9.47 Å². The fourth-order valence-corrected chi connectivity index (χ4v) is 2.06. The maximum Gasteiger partial charge on any atom is 0.0975 e. The van der Waals surface area contributed by atoms with Gasteiger partial charge >= 0.3 is 0 Å². The van der Waals surface area contributed by atoms with Crippen molar-refractivity contribution in [3.05, 3.63) is 0 Å². The monoisotopic (exact) mass is 216 g/mol. The van der Waals surface area contributed by atoms with Gasteiger partial charge in [0.2, 0.25) is 0 Å². The first-order valence-corrected chi connectivity index (χ1v) is 5.97. The molecule has 1 fully saturated rings. The van der Waals surface area contributed by atoms with Crippen LogP contribution in [0.2, 0.25) is 0 Å². The minimum absolute atomic E-state index is 0.243. The molecule has 1 aliphatic heterocycles. The molecule has 0 radical (unpaired) electrons. The molecule has 0 aromatic rings. The molecule has 2 N–H and O–H groups in total. The molecule has 1 heterocycles. The Labute approximate surface area is 92.7 Å². The Bertz CT molecular complexity index is 153. The van der Waals surface area contributed by atoms with Gasteiger partial charge in [0.15, 0.2) is 0 Å². The van der Waals surface area contributed by atoms with Crippen molar-refractivity contribution in [3.8, 4) is 0 Å². The third-order valence-electron chi connectivity index (χ3n) is 2.73. The fourth-order valence-electron chi connectivity index (χ4n) is 2.06. The molecule has 1 aliphatic rings. The zero-order chi connectivity index (χ0) is 11.1. The molecule has 0 bridgehead atoms. The van der Waals surface area contributed by atoms with Crippen LogP contribution in [0.1, 0.15) is 20.3 Å². The van der Waals surface area contributed by atoms with Crippen molar-refractivity contribution in [2.24, 2.45) is 5.73 Å². The molecular weight excluding hydrogens is 192 g/mol. The molecule has 4 heteroatoms. The zero-order valence-corrected chi connectivity index (χ0v) is 9.95. The molecular formula is C11H24N2O2. The highest BCUT2D eigenvalue weighted by molar-refractivity contribution is 4.86. The molecule has 2 atom stereocenters. The van der Waals surface area contributed by atoms with Crippen molar-refractivity contribution in [1.29, 1.82) is 0 Å². The Kier molecular flexibility index (Phi) is 6.17. The molecule has 0 amide bonds. The van der Waals surface area contributed by atoms with Gasteiger partial charge in [0.1, 0.15) is 0 Å². The largest absolute Gasteiger partial charge is 0.374 e. The van der Waals surface area contributed by atoms with Gasteiger partial charge in [-0.05, 0) is 33.4 Å². The topological polar surface area (TPSA) is 47.7 Å². The van der Waals surface area contributed by atoms with Gasteiger partial charge in [-0.2, -0.15) is 0 Å². The molecule has 1 rings (SSSR count). The van der Waals surface area contributed by atoms with Gasteiger partial charge in [0.25, 0.3) is 0 Å². The van der Waals surface area contributed by atoms with Crippen LogP contribution < -0.4 is 5.73 Å². The summed E-state index contributed by atoms with van der Waals surface area (Å²) in [6.45, 7) is 9.38. The lowest BCUT2D eigenvalue weighted by atomic mass is 10.2. The third-order valence-corrected chi connectivity index (χ3v) is 2.73. The summed E-state index contributed by atoms with van der Waals surface area (Å²) in [5.74, 6) is 0. The first-order chi connectivity index (χ1) is 7.31. The minimum Gasteiger partial charge on any atom is -0.374 e. The maximum absolute atomic E-state index is 5.68. The first-order valence-electron chi connectivity index (χ1n) is 5.97. The molecule has 4 nitrogen and oxygen atoms in total. The Morgan fingerprint density at radius 1 is 1.13 bits per heavy atom. The van der Waals surface area contributed by atoms with E-state index < -0.39 is 0 Å². The van der Waals surface area contributed by atoms with Gasteiger partial charge in [-0.1, -0.05) is 0 Å². The minimum atomic E-state index is 0.243. The number of hydrogen-bond donors (Lipinski definition) is 1. The van der Waals surface area contributed by atoms with E-state index in [0.29, 0.717) is 0 Å². The summed E-state index contributed by atoms with van der Waals surface area (Å²) in [5.41, 5.74) is 5.50. The van der Waals surface area contributed by atoms with Crippen molar-refractivity contribution >= 4 is 0 Å². The van der Waals surface area contributed by atoms with E-state index in [0.717, 1.165) is 45.8 Å². The van der Waals surface area contributed by atoms with Gasteiger partial charge in [0, 0.05) is 26.3 Å². The standard InChI is InChI=1S/C11H24N2O2/c1-3-14-10-8-13(7-5-6-12)9-11(10)15-4-2/h10-11H,3-9,12H2,1-2H3/t10-,11-/m1/s1. The molecule has 0 aliphatic carbocycles. The van der Waals surface area contributed by atoms with Crippen molar-refractivity contribution in [2.45, 2.75) is 32.5 Å². The number of rotatable bonds is 7. The Balaban J connectivity index is 2.34. The van der Waals surface area contributed by atoms with Gasteiger partial charge in [0.05, 0.1) is 12.2 Å². The van der Waals surface area contributed by atoms with E-state index in [1.54, 1.807) is 0 Å². The van der Waals surface area contributed by atoms with Gasteiger partial charge in [-0.15, -0.1) is 0 Å². The summed E-state index contributed by atoms with van der Waals surface area (Å²) >= 11 is 0. The second-order valence-corrected chi connectivity index (χ2v) is 3.89. The van der Waals surface area contributed by atoms with E-state index in [1.165, 1.54) is 0 Å². The average molecular weight is 216 g/mol.